The third-order valence-corrected chi connectivity index (χ3v) is 5.02. The Balaban J connectivity index is 1.72. The number of benzene rings is 1. The summed E-state index contributed by atoms with van der Waals surface area (Å²) in [5.41, 5.74) is 0.640. The Labute approximate surface area is 159 Å². The van der Waals surface area contributed by atoms with Gasteiger partial charge in [-0.05, 0) is 32.9 Å². The van der Waals surface area contributed by atoms with Crippen LogP contribution in [0.4, 0.5) is 5.69 Å². The second-order valence-corrected chi connectivity index (χ2v) is 8.02. The van der Waals surface area contributed by atoms with Crippen molar-refractivity contribution in [3.63, 3.8) is 0 Å². The van der Waals surface area contributed by atoms with Crippen molar-refractivity contribution in [2.24, 2.45) is 5.92 Å². The molecule has 2 heterocycles. The number of likely N-dealkylation sites (tertiary alicyclic amines) is 1. The first-order chi connectivity index (χ1) is 12.8. The number of amides is 3. The lowest BCUT2D eigenvalue weighted by Gasteiger charge is -2.32. The molecule has 0 spiro atoms. The molecule has 1 aromatic carbocycles. The molecule has 7 heteroatoms. The summed E-state index contributed by atoms with van der Waals surface area (Å²) in [6.45, 7) is 8.40. The van der Waals surface area contributed by atoms with Crippen LogP contribution in [0.2, 0.25) is 0 Å². The molecule has 0 unspecified atom stereocenters. The van der Waals surface area contributed by atoms with Crippen LogP contribution in [0.3, 0.4) is 0 Å². The molecule has 0 radical (unpaired) electrons. The standard InChI is InChI=1S/C20H27N3O4/c1-20(2,3)23-13-14(12-17(23)24)18(25)21-16-7-5-4-6-15(16)19(26)22-8-10-27-11-9-22/h4-7,14H,8-13H2,1-3H3,(H,21,25)/t14-/m1/s1. The summed E-state index contributed by atoms with van der Waals surface area (Å²) in [5.74, 6) is -0.769. The van der Waals surface area contributed by atoms with E-state index in [-0.39, 0.29) is 29.7 Å². The van der Waals surface area contributed by atoms with Gasteiger partial charge >= 0.3 is 0 Å². The topological polar surface area (TPSA) is 79.0 Å². The predicted molar refractivity (Wildman–Crippen MR) is 101 cm³/mol. The fourth-order valence-corrected chi connectivity index (χ4v) is 3.48. The maximum Gasteiger partial charge on any atom is 0.256 e. The van der Waals surface area contributed by atoms with Gasteiger partial charge in [-0.3, -0.25) is 14.4 Å². The molecule has 7 nitrogen and oxygen atoms in total. The van der Waals surface area contributed by atoms with E-state index in [1.54, 1.807) is 34.1 Å². The number of anilines is 1. The first-order valence-electron chi connectivity index (χ1n) is 9.35. The van der Waals surface area contributed by atoms with Crippen LogP contribution < -0.4 is 5.32 Å². The first-order valence-corrected chi connectivity index (χ1v) is 9.35. The monoisotopic (exact) mass is 373 g/mol. The van der Waals surface area contributed by atoms with Crippen LogP contribution in [0.25, 0.3) is 0 Å². The van der Waals surface area contributed by atoms with Crippen molar-refractivity contribution in [1.29, 1.82) is 0 Å². The smallest absolute Gasteiger partial charge is 0.256 e. The lowest BCUT2D eigenvalue weighted by atomic mass is 10.1. The molecule has 2 aliphatic rings. The van der Waals surface area contributed by atoms with Gasteiger partial charge in [-0.2, -0.15) is 0 Å². The first kappa shape index (κ1) is 19.4. The van der Waals surface area contributed by atoms with Crippen LogP contribution >= 0.6 is 0 Å². The van der Waals surface area contributed by atoms with Gasteiger partial charge in [0.15, 0.2) is 0 Å². The molecular weight excluding hydrogens is 346 g/mol. The van der Waals surface area contributed by atoms with Crippen molar-refractivity contribution in [1.82, 2.24) is 9.80 Å². The molecular formula is C20H27N3O4. The van der Waals surface area contributed by atoms with E-state index in [9.17, 15) is 14.4 Å². The van der Waals surface area contributed by atoms with E-state index in [4.69, 9.17) is 4.74 Å². The molecule has 146 valence electrons. The summed E-state index contributed by atoms with van der Waals surface area (Å²) >= 11 is 0. The minimum atomic E-state index is -0.414. The summed E-state index contributed by atoms with van der Waals surface area (Å²) in [6.07, 6.45) is 0.197. The number of hydrogen-bond donors (Lipinski definition) is 1. The van der Waals surface area contributed by atoms with E-state index in [0.29, 0.717) is 44.1 Å². The molecule has 0 saturated carbocycles. The van der Waals surface area contributed by atoms with Crippen molar-refractivity contribution in [3.8, 4) is 0 Å². The fraction of sp³-hybridized carbons (Fsp3) is 0.550. The third-order valence-electron chi connectivity index (χ3n) is 5.02. The molecule has 0 aliphatic carbocycles. The minimum absolute atomic E-state index is 0.0136. The van der Waals surface area contributed by atoms with Gasteiger partial charge in [-0.25, -0.2) is 0 Å². The molecule has 3 amide bonds. The SMILES string of the molecule is CC(C)(C)N1C[C@H](C(=O)Nc2ccccc2C(=O)N2CCOCC2)CC1=O. The maximum absolute atomic E-state index is 12.8. The molecule has 2 fully saturated rings. The van der Waals surface area contributed by atoms with Gasteiger partial charge in [0.2, 0.25) is 11.8 Å². The lowest BCUT2D eigenvalue weighted by molar-refractivity contribution is -0.131. The van der Waals surface area contributed by atoms with Crippen LogP contribution in [0.5, 0.6) is 0 Å². The molecule has 2 saturated heterocycles. The van der Waals surface area contributed by atoms with Gasteiger partial charge in [0.1, 0.15) is 0 Å². The van der Waals surface area contributed by atoms with E-state index in [2.05, 4.69) is 5.32 Å². The van der Waals surface area contributed by atoms with Crippen molar-refractivity contribution < 1.29 is 19.1 Å². The Hall–Kier alpha value is -2.41. The number of carbonyl (C=O) groups excluding carboxylic acids is 3. The zero-order chi connectivity index (χ0) is 19.6. The van der Waals surface area contributed by atoms with Gasteiger partial charge in [-0.15, -0.1) is 0 Å². The van der Waals surface area contributed by atoms with E-state index >= 15 is 0 Å². The van der Waals surface area contributed by atoms with Crippen molar-refractivity contribution in [2.75, 3.05) is 38.2 Å². The number of carbonyl (C=O) groups is 3. The number of para-hydroxylation sites is 1. The Kier molecular flexibility index (Phi) is 5.51. The molecule has 1 atom stereocenters. The van der Waals surface area contributed by atoms with E-state index in [1.807, 2.05) is 20.8 Å². The molecule has 27 heavy (non-hydrogen) atoms. The van der Waals surface area contributed by atoms with Crippen LogP contribution in [-0.4, -0.2) is 65.9 Å². The van der Waals surface area contributed by atoms with Gasteiger partial charge in [-0.1, -0.05) is 12.1 Å². The second-order valence-electron chi connectivity index (χ2n) is 8.02. The number of ether oxygens (including phenoxy) is 1. The number of hydrogen-bond acceptors (Lipinski definition) is 4. The molecule has 3 rings (SSSR count). The normalized spacial score (nSPS) is 20.7. The van der Waals surface area contributed by atoms with Crippen LogP contribution in [0.15, 0.2) is 24.3 Å². The average molecular weight is 373 g/mol. The zero-order valence-corrected chi connectivity index (χ0v) is 16.2. The van der Waals surface area contributed by atoms with Crippen molar-refractivity contribution in [2.45, 2.75) is 32.7 Å². The average Bonchev–Trinajstić information content (AvgIpc) is 3.05. The van der Waals surface area contributed by atoms with Gasteiger partial charge in [0.05, 0.1) is 30.4 Å². The molecule has 1 aromatic rings. The molecule has 0 aromatic heterocycles. The lowest BCUT2D eigenvalue weighted by Crippen LogP contribution is -2.43. The van der Waals surface area contributed by atoms with Crippen molar-refractivity contribution >= 4 is 23.4 Å². The Morgan fingerprint density at radius 2 is 1.81 bits per heavy atom. The third kappa shape index (κ3) is 4.30. The highest BCUT2D eigenvalue weighted by Crippen LogP contribution is 2.27. The Bertz CT molecular complexity index is 735. The highest BCUT2D eigenvalue weighted by Gasteiger charge is 2.39. The van der Waals surface area contributed by atoms with Gasteiger partial charge in [0.25, 0.3) is 5.91 Å². The van der Waals surface area contributed by atoms with Gasteiger partial charge < -0.3 is 19.9 Å². The quantitative estimate of drug-likeness (QED) is 0.875. The number of nitrogens with one attached hydrogen (secondary N) is 1. The predicted octanol–water partition coefficient (Wildman–Crippen LogP) is 1.74. The molecule has 1 N–H and O–H groups in total. The van der Waals surface area contributed by atoms with E-state index in [0.717, 1.165) is 0 Å². The molecule has 2 aliphatic heterocycles. The minimum Gasteiger partial charge on any atom is -0.378 e. The summed E-state index contributed by atoms with van der Waals surface area (Å²) in [6, 6.07) is 7.01. The molecule has 0 bridgehead atoms. The van der Waals surface area contributed by atoms with Crippen LogP contribution in [0, 0.1) is 5.92 Å². The fourth-order valence-electron chi connectivity index (χ4n) is 3.48. The zero-order valence-electron chi connectivity index (χ0n) is 16.2. The maximum atomic E-state index is 12.8. The Morgan fingerprint density at radius 3 is 2.44 bits per heavy atom. The summed E-state index contributed by atoms with van der Waals surface area (Å²) in [4.78, 5) is 41.3. The Morgan fingerprint density at radius 1 is 1.15 bits per heavy atom. The van der Waals surface area contributed by atoms with Crippen LogP contribution in [0.1, 0.15) is 37.6 Å². The number of nitrogens with zero attached hydrogens (tertiary/aromatic N) is 2. The summed E-state index contributed by atoms with van der Waals surface area (Å²) in [5, 5.41) is 2.87. The highest BCUT2D eigenvalue weighted by atomic mass is 16.5. The van der Waals surface area contributed by atoms with E-state index in [1.165, 1.54) is 0 Å². The largest absolute Gasteiger partial charge is 0.378 e. The highest BCUT2D eigenvalue weighted by molar-refractivity contribution is 6.05. The van der Waals surface area contributed by atoms with E-state index < -0.39 is 5.92 Å². The van der Waals surface area contributed by atoms with Gasteiger partial charge in [0, 0.05) is 31.6 Å². The van der Waals surface area contributed by atoms with Crippen LogP contribution in [-0.2, 0) is 14.3 Å². The van der Waals surface area contributed by atoms with Crippen molar-refractivity contribution in [3.05, 3.63) is 29.8 Å². The number of rotatable bonds is 3. The summed E-state index contributed by atoms with van der Waals surface area (Å²) in [7, 11) is 0. The summed E-state index contributed by atoms with van der Waals surface area (Å²) < 4.78 is 5.30. The second kappa shape index (κ2) is 7.68. The number of morpholine rings is 1.